The normalized spacial score (nSPS) is 22.6. The summed E-state index contributed by atoms with van der Waals surface area (Å²) in [5.41, 5.74) is 0.652. The van der Waals surface area contributed by atoms with Gasteiger partial charge >= 0.3 is 6.18 Å². The molecule has 2 aliphatic rings. The Morgan fingerprint density at radius 3 is 2.84 bits per heavy atom. The first-order valence-corrected chi connectivity index (χ1v) is 9.85. The maximum absolute atomic E-state index is 14.7. The molecule has 1 fully saturated rings. The first kappa shape index (κ1) is 21.4. The lowest BCUT2D eigenvalue weighted by Gasteiger charge is -2.27. The van der Waals surface area contributed by atoms with E-state index in [2.05, 4.69) is 19.9 Å². The number of nitrogens with one attached hydrogen (secondary N) is 1. The molecule has 0 radical (unpaired) electrons. The molecule has 0 saturated carbocycles. The van der Waals surface area contributed by atoms with Crippen LogP contribution in [-0.2, 0) is 4.79 Å². The number of pyridine rings is 1. The van der Waals surface area contributed by atoms with E-state index in [1.54, 1.807) is 19.2 Å². The third-order valence-electron chi connectivity index (χ3n) is 5.27. The Bertz CT molecular complexity index is 1050. The van der Waals surface area contributed by atoms with Gasteiger partial charge in [-0.25, -0.2) is 24.3 Å². The van der Waals surface area contributed by atoms with E-state index in [-0.39, 0.29) is 24.1 Å². The van der Waals surface area contributed by atoms with Crippen molar-refractivity contribution in [3.63, 3.8) is 0 Å². The Kier molecular flexibility index (Phi) is 5.54. The van der Waals surface area contributed by atoms with Gasteiger partial charge in [0.2, 0.25) is 5.91 Å². The van der Waals surface area contributed by atoms with Gasteiger partial charge in [-0.2, -0.15) is 13.2 Å². The fraction of sp³-hybridized carbons (Fsp3) is 0.421. The van der Waals surface area contributed by atoms with Gasteiger partial charge in [-0.15, -0.1) is 0 Å². The van der Waals surface area contributed by atoms with Gasteiger partial charge in [-0.3, -0.25) is 4.79 Å². The van der Waals surface area contributed by atoms with Crippen LogP contribution in [0.3, 0.4) is 0 Å². The summed E-state index contributed by atoms with van der Waals surface area (Å²) in [5, 5.41) is 2.28. The van der Waals surface area contributed by atoms with E-state index in [0.29, 0.717) is 22.8 Å². The number of amides is 1. The zero-order valence-electron chi connectivity index (χ0n) is 16.2. The van der Waals surface area contributed by atoms with Gasteiger partial charge in [0.1, 0.15) is 18.4 Å². The van der Waals surface area contributed by atoms with Crippen LogP contribution in [0.1, 0.15) is 30.7 Å². The lowest BCUT2D eigenvalue weighted by atomic mass is 10.0. The summed E-state index contributed by atoms with van der Waals surface area (Å²) in [4.78, 5) is 30.6. The monoisotopic (exact) mass is 456 g/mol. The number of fused-ring (bicyclic) bond motifs is 1. The molecule has 2 aromatic heterocycles. The second-order valence-corrected chi connectivity index (χ2v) is 7.90. The molecule has 0 spiro atoms. The number of halogens is 5. The predicted molar refractivity (Wildman–Crippen MR) is 105 cm³/mol. The molecule has 4 heterocycles. The van der Waals surface area contributed by atoms with E-state index in [1.807, 2.05) is 5.32 Å². The van der Waals surface area contributed by atoms with Gasteiger partial charge in [0.25, 0.3) is 0 Å². The standard InChI is InChI=1S/C19H17ClF4N6O/c1-9-2-3-30(14(9)18(31)28-8-19(22,23)24)17-13(21)7-27-16(29-17)12-6-26-15-11(12)4-10(20)5-25-15/h4-7,9,12,14H,2-3,8H2,1H3,(H,28,31)/t9-,12?,14-/m0/s1. The first-order valence-electron chi connectivity index (χ1n) is 9.47. The van der Waals surface area contributed by atoms with Crippen LogP contribution in [0.25, 0.3) is 0 Å². The van der Waals surface area contributed by atoms with Gasteiger partial charge in [-0.1, -0.05) is 18.5 Å². The molecule has 0 bridgehead atoms. The Morgan fingerprint density at radius 1 is 1.32 bits per heavy atom. The van der Waals surface area contributed by atoms with E-state index in [9.17, 15) is 22.4 Å². The van der Waals surface area contributed by atoms with Gasteiger partial charge in [0.05, 0.1) is 17.1 Å². The van der Waals surface area contributed by atoms with Crippen molar-refractivity contribution in [3.8, 4) is 0 Å². The van der Waals surface area contributed by atoms with Gasteiger partial charge < -0.3 is 10.2 Å². The van der Waals surface area contributed by atoms with Crippen molar-refractivity contribution >= 4 is 35.4 Å². The summed E-state index contributed by atoms with van der Waals surface area (Å²) in [6.45, 7) is 0.538. The summed E-state index contributed by atoms with van der Waals surface area (Å²) >= 11 is 6.02. The number of carbonyl (C=O) groups excluding carboxylic acids is 1. The Hall–Kier alpha value is -2.82. The van der Waals surface area contributed by atoms with Crippen molar-refractivity contribution in [2.24, 2.45) is 10.9 Å². The number of nitrogens with zero attached hydrogens (tertiary/aromatic N) is 5. The van der Waals surface area contributed by atoms with Crippen molar-refractivity contribution in [2.45, 2.75) is 31.5 Å². The largest absolute Gasteiger partial charge is 0.405 e. The molecule has 31 heavy (non-hydrogen) atoms. The van der Waals surface area contributed by atoms with Gasteiger partial charge in [0, 0.05) is 24.5 Å². The maximum atomic E-state index is 14.7. The van der Waals surface area contributed by atoms with Crippen molar-refractivity contribution in [2.75, 3.05) is 18.0 Å². The number of alkyl halides is 3. The highest BCUT2D eigenvalue weighted by Gasteiger charge is 2.40. The molecule has 2 aromatic rings. The van der Waals surface area contributed by atoms with Crippen molar-refractivity contribution < 1.29 is 22.4 Å². The molecule has 1 amide bonds. The molecule has 0 aliphatic carbocycles. The maximum Gasteiger partial charge on any atom is 0.405 e. The Labute approximate surface area is 179 Å². The van der Waals surface area contributed by atoms with Crippen molar-refractivity contribution in [1.29, 1.82) is 0 Å². The Balaban J connectivity index is 1.64. The number of aromatic nitrogens is 3. The first-order chi connectivity index (χ1) is 14.6. The Morgan fingerprint density at radius 2 is 2.10 bits per heavy atom. The molecular weight excluding hydrogens is 440 g/mol. The zero-order chi connectivity index (χ0) is 22.3. The molecule has 7 nitrogen and oxygen atoms in total. The van der Waals surface area contributed by atoms with E-state index in [1.165, 1.54) is 11.1 Å². The van der Waals surface area contributed by atoms with Crippen molar-refractivity contribution in [1.82, 2.24) is 20.3 Å². The highest BCUT2D eigenvalue weighted by atomic mass is 35.5. The predicted octanol–water partition coefficient (Wildman–Crippen LogP) is 3.41. The molecule has 1 saturated heterocycles. The number of hydrogen-bond acceptors (Lipinski definition) is 6. The highest BCUT2D eigenvalue weighted by molar-refractivity contribution is 6.30. The smallest absolute Gasteiger partial charge is 0.345 e. The lowest BCUT2D eigenvalue weighted by Crippen LogP contribution is -2.48. The van der Waals surface area contributed by atoms with Crippen LogP contribution in [0.2, 0.25) is 5.02 Å². The van der Waals surface area contributed by atoms with Crippen LogP contribution in [-0.4, -0.2) is 52.4 Å². The molecular formula is C19H17ClF4N6O. The van der Waals surface area contributed by atoms with Gasteiger partial charge in [0.15, 0.2) is 17.5 Å². The average Bonchev–Trinajstić information content (AvgIpc) is 3.29. The molecule has 0 aromatic carbocycles. The van der Waals surface area contributed by atoms with E-state index < -0.39 is 36.4 Å². The molecule has 164 valence electrons. The van der Waals surface area contributed by atoms with Crippen LogP contribution in [0.15, 0.2) is 23.5 Å². The molecule has 12 heteroatoms. The molecule has 1 N–H and O–H groups in total. The minimum absolute atomic E-state index is 0.140. The number of carbonyl (C=O) groups is 1. The average molecular weight is 457 g/mol. The summed E-state index contributed by atoms with van der Waals surface area (Å²) < 4.78 is 52.2. The van der Waals surface area contributed by atoms with Crippen LogP contribution < -0.4 is 10.2 Å². The molecule has 1 unspecified atom stereocenters. The van der Waals surface area contributed by atoms with Crippen LogP contribution in [0, 0.1) is 11.7 Å². The topological polar surface area (TPSA) is 83.4 Å². The van der Waals surface area contributed by atoms with Crippen LogP contribution in [0.4, 0.5) is 29.2 Å². The fourth-order valence-corrected chi connectivity index (χ4v) is 3.98. The number of anilines is 1. The summed E-state index contributed by atoms with van der Waals surface area (Å²) in [5.74, 6) is -1.88. The second kappa shape index (κ2) is 8.03. The van der Waals surface area contributed by atoms with Crippen LogP contribution in [0.5, 0.6) is 0 Å². The second-order valence-electron chi connectivity index (χ2n) is 7.46. The van der Waals surface area contributed by atoms with E-state index in [0.717, 1.165) is 6.20 Å². The summed E-state index contributed by atoms with van der Waals surface area (Å²) in [6.07, 6.45) is -0.0522. The molecule has 3 atom stereocenters. The third-order valence-corrected chi connectivity index (χ3v) is 5.48. The molecule has 2 aliphatic heterocycles. The minimum atomic E-state index is -4.54. The minimum Gasteiger partial charge on any atom is -0.345 e. The zero-order valence-corrected chi connectivity index (χ0v) is 17.0. The quantitative estimate of drug-likeness (QED) is 0.713. The van der Waals surface area contributed by atoms with Crippen LogP contribution >= 0.6 is 11.6 Å². The lowest BCUT2D eigenvalue weighted by molar-refractivity contribution is -0.139. The fourth-order valence-electron chi connectivity index (χ4n) is 3.81. The highest BCUT2D eigenvalue weighted by Crippen LogP contribution is 2.36. The SMILES string of the molecule is C[C@H]1CCN(c2nc(C3C=Nc4ncc(Cl)cc43)ncc2F)[C@@H]1C(=O)NCC(F)(F)F. The number of hydrogen-bond donors (Lipinski definition) is 1. The summed E-state index contributed by atoms with van der Waals surface area (Å²) in [7, 11) is 0. The number of rotatable bonds is 4. The van der Waals surface area contributed by atoms with Gasteiger partial charge in [-0.05, 0) is 18.4 Å². The summed E-state index contributed by atoms with van der Waals surface area (Å²) in [6, 6.07) is 0.680. The van der Waals surface area contributed by atoms with E-state index >= 15 is 0 Å². The third kappa shape index (κ3) is 4.32. The molecule has 4 rings (SSSR count). The van der Waals surface area contributed by atoms with Crippen molar-refractivity contribution in [3.05, 3.63) is 40.7 Å². The number of aliphatic imine (C=N–C) groups is 1. The van der Waals surface area contributed by atoms with E-state index in [4.69, 9.17) is 11.6 Å².